The van der Waals surface area contributed by atoms with E-state index in [0.717, 1.165) is 0 Å². The molecular formula is C19H29F3N3O4-. The third-order valence-electron chi connectivity index (χ3n) is 3.91. The molecular weight excluding hydrogens is 391 g/mol. The number of alkyl halides is 3. The largest absolute Gasteiger partial charge is 0.770 e. The van der Waals surface area contributed by atoms with Gasteiger partial charge in [0.15, 0.2) is 6.10 Å². The highest BCUT2D eigenvalue weighted by atomic mass is 19.4. The molecule has 0 fully saturated rings. The van der Waals surface area contributed by atoms with Crippen molar-refractivity contribution in [2.24, 2.45) is 5.92 Å². The number of amides is 1. The van der Waals surface area contributed by atoms with Crippen LogP contribution in [0.4, 0.5) is 18.0 Å². The molecule has 7 nitrogen and oxygen atoms in total. The molecule has 0 saturated carbocycles. The summed E-state index contributed by atoms with van der Waals surface area (Å²) in [7, 11) is 0. The molecule has 3 atom stereocenters. The number of hydrazine groups is 1. The lowest BCUT2D eigenvalue weighted by Gasteiger charge is -2.42. The van der Waals surface area contributed by atoms with Crippen LogP contribution < -0.4 is 10.7 Å². The minimum absolute atomic E-state index is 0.00348. The highest BCUT2D eigenvalue weighted by Crippen LogP contribution is 2.26. The van der Waals surface area contributed by atoms with Gasteiger partial charge in [-0.15, -0.1) is 0 Å². The van der Waals surface area contributed by atoms with Crippen molar-refractivity contribution in [1.82, 2.24) is 15.9 Å². The molecule has 0 radical (unpaired) electrons. The summed E-state index contributed by atoms with van der Waals surface area (Å²) in [6.07, 6.45) is -9.81. The number of halogens is 3. The number of carbonyl (C=O) groups excluding carboxylic acids is 1. The summed E-state index contributed by atoms with van der Waals surface area (Å²) >= 11 is 0. The normalized spacial score (nSPS) is 15.9. The number of carbonyl (C=O) groups is 1. The van der Waals surface area contributed by atoms with Crippen LogP contribution in [0.15, 0.2) is 30.3 Å². The summed E-state index contributed by atoms with van der Waals surface area (Å²) in [5, 5.41) is 24.7. The van der Waals surface area contributed by atoms with Crippen molar-refractivity contribution >= 4 is 6.09 Å². The molecule has 10 heteroatoms. The Hall–Kier alpha value is -1.88. The fraction of sp³-hybridized carbons (Fsp3) is 0.632. The van der Waals surface area contributed by atoms with Gasteiger partial charge in [0.2, 0.25) is 0 Å². The number of hydroxylamine groups is 1. The van der Waals surface area contributed by atoms with Crippen LogP contribution in [0.2, 0.25) is 0 Å². The molecule has 0 spiro atoms. The molecule has 1 rings (SSSR count). The average molecular weight is 420 g/mol. The van der Waals surface area contributed by atoms with E-state index in [9.17, 15) is 28.3 Å². The van der Waals surface area contributed by atoms with E-state index in [1.54, 1.807) is 51.1 Å². The summed E-state index contributed by atoms with van der Waals surface area (Å²) in [6, 6.07) is 7.04. The fourth-order valence-corrected chi connectivity index (χ4v) is 2.50. The molecule has 1 amide bonds. The smallest absolute Gasteiger partial charge is 0.415 e. The van der Waals surface area contributed by atoms with E-state index < -0.39 is 42.1 Å². The quantitative estimate of drug-likeness (QED) is 0.441. The number of nitrogens with one attached hydrogen (secondary N) is 2. The Bertz CT molecular complexity index is 636. The Morgan fingerprint density at radius 2 is 1.76 bits per heavy atom. The average Bonchev–Trinajstić information content (AvgIpc) is 2.56. The van der Waals surface area contributed by atoms with E-state index in [0.29, 0.717) is 5.56 Å². The van der Waals surface area contributed by atoms with Gasteiger partial charge >= 0.3 is 12.3 Å². The lowest BCUT2D eigenvalue weighted by atomic mass is 9.99. The second-order valence-corrected chi connectivity index (χ2v) is 8.06. The third kappa shape index (κ3) is 8.99. The zero-order valence-electron chi connectivity index (χ0n) is 17.2. The van der Waals surface area contributed by atoms with Gasteiger partial charge in [-0.2, -0.15) is 13.2 Å². The Balaban J connectivity index is 3.01. The zero-order valence-corrected chi connectivity index (χ0v) is 17.2. The summed E-state index contributed by atoms with van der Waals surface area (Å²) in [5.41, 5.74) is 2.00. The lowest BCUT2D eigenvalue weighted by Crippen LogP contribution is -2.61. The van der Waals surface area contributed by atoms with Gasteiger partial charge in [-0.05, 0) is 32.3 Å². The van der Waals surface area contributed by atoms with E-state index in [1.165, 1.54) is 13.8 Å². The number of alkyl carbamates (subject to hydrolysis) is 1. The van der Waals surface area contributed by atoms with Crippen LogP contribution in [0.25, 0.3) is 0 Å². The predicted molar refractivity (Wildman–Crippen MR) is 102 cm³/mol. The second kappa shape index (κ2) is 10.2. The van der Waals surface area contributed by atoms with Crippen molar-refractivity contribution < 1.29 is 27.8 Å². The highest BCUT2D eigenvalue weighted by Gasteiger charge is 2.45. The first-order valence-corrected chi connectivity index (χ1v) is 9.21. The van der Waals surface area contributed by atoms with E-state index in [2.05, 4.69) is 10.7 Å². The summed E-state index contributed by atoms with van der Waals surface area (Å²) in [6.45, 7) is 7.80. The van der Waals surface area contributed by atoms with Crippen molar-refractivity contribution in [3.05, 3.63) is 41.1 Å². The first kappa shape index (κ1) is 25.2. The summed E-state index contributed by atoms with van der Waals surface area (Å²) < 4.78 is 44.0. The number of nitrogens with zero attached hydrogens (tertiary/aromatic N) is 1. The standard InChI is InChI=1S/C19H29F3N3O4/c1-12(2)15(16(26)19(20,21)22)24-25(28)14(11-13-9-7-6-8-10-13)23-17(27)29-18(3,4)5/h6-10,12,14-16,24,26H,11H2,1-5H3,(H,23,27)/q-1/t14-,15+,16+/m1/s1. The zero-order chi connectivity index (χ0) is 22.4. The van der Waals surface area contributed by atoms with Gasteiger partial charge in [0.25, 0.3) is 0 Å². The molecule has 166 valence electrons. The molecule has 0 saturated heterocycles. The number of hydrogen-bond donors (Lipinski definition) is 3. The van der Waals surface area contributed by atoms with Gasteiger partial charge in [0.1, 0.15) is 5.60 Å². The topological polar surface area (TPSA) is 96.9 Å². The van der Waals surface area contributed by atoms with Crippen LogP contribution in [-0.4, -0.2) is 46.5 Å². The van der Waals surface area contributed by atoms with E-state index in [4.69, 9.17) is 4.74 Å². The molecule has 1 aromatic carbocycles. The molecule has 0 heterocycles. The van der Waals surface area contributed by atoms with Gasteiger partial charge in [-0.3, -0.25) is 10.6 Å². The summed E-state index contributed by atoms with van der Waals surface area (Å²) in [5.74, 6) is -0.720. The van der Waals surface area contributed by atoms with Crippen molar-refractivity contribution in [2.45, 2.75) is 71.1 Å². The number of aliphatic hydroxyl groups is 1. The third-order valence-corrected chi connectivity index (χ3v) is 3.91. The number of hydrogen-bond acceptors (Lipinski definition) is 6. The first-order chi connectivity index (χ1) is 13.2. The van der Waals surface area contributed by atoms with Gasteiger partial charge in [0, 0.05) is 6.42 Å². The number of aliphatic hydroxyl groups excluding tert-OH is 1. The molecule has 1 aromatic rings. The van der Waals surface area contributed by atoms with Crippen molar-refractivity contribution in [3.63, 3.8) is 0 Å². The Morgan fingerprint density at radius 3 is 2.21 bits per heavy atom. The van der Waals surface area contributed by atoms with Crippen molar-refractivity contribution in [1.29, 1.82) is 0 Å². The van der Waals surface area contributed by atoms with Crippen LogP contribution in [0, 0.1) is 11.1 Å². The maximum atomic E-state index is 13.0. The first-order valence-electron chi connectivity index (χ1n) is 9.21. The van der Waals surface area contributed by atoms with Crippen LogP contribution in [0.3, 0.4) is 0 Å². The molecule has 0 aliphatic carbocycles. The molecule has 0 aromatic heterocycles. The van der Waals surface area contributed by atoms with E-state index >= 15 is 0 Å². The van der Waals surface area contributed by atoms with E-state index in [1.807, 2.05) is 0 Å². The van der Waals surface area contributed by atoms with Gasteiger partial charge < -0.3 is 20.4 Å². The highest BCUT2D eigenvalue weighted by molar-refractivity contribution is 5.68. The monoisotopic (exact) mass is 420 g/mol. The van der Waals surface area contributed by atoms with Crippen molar-refractivity contribution in [3.8, 4) is 0 Å². The molecule has 0 unspecified atom stereocenters. The molecule has 0 bridgehead atoms. The Morgan fingerprint density at radius 1 is 1.21 bits per heavy atom. The second-order valence-electron chi connectivity index (χ2n) is 8.06. The molecule has 0 aliphatic heterocycles. The van der Waals surface area contributed by atoms with Crippen LogP contribution in [-0.2, 0) is 11.2 Å². The SMILES string of the molecule is CC(C)[C@H](NN([O-])[C@H](Cc1ccccc1)NC(=O)OC(C)(C)C)[C@H](O)C(F)(F)F. The van der Waals surface area contributed by atoms with Crippen LogP contribution in [0.1, 0.15) is 40.2 Å². The Labute approximate surface area is 168 Å². The molecule has 29 heavy (non-hydrogen) atoms. The summed E-state index contributed by atoms with van der Waals surface area (Å²) in [4.78, 5) is 12.1. The molecule has 0 aliphatic rings. The van der Waals surface area contributed by atoms with Gasteiger partial charge in [-0.25, -0.2) is 4.79 Å². The number of rotatable bonds is 8. The lowest BCUT2D eigenvalue weighted by molar-refractivity contribution is -0.219. The maximum Gasteiger partial charge on any atom is 0.415 e. The predicted octanol–water partition coefficient (Wildman–Crippen LogP) is 3.33. The van der Waals surface area contributed by atoms with Crippen molar-refractivity contribution in [2.75, 3.05) is 0 Å². The van der Waals surface area contributed by atoms with Crippen LogP contribution >= 0.6 is 0 Å². The molecule has 3 N–H and O–H groups in total. The number of ether oxygens (including phenoxy) is 1. The minimum Gasteiger partial charge on any atom is -0.770 e. The van der Waals surface area contributed by atoms with Gasteiger partial charge in [-0.1, -0.05) is 44.2 Å². The number of benzene rings is 1. The fourth-order valence-electron chi connectivity index (χ4n) is 2.50. The Kier molecular flexibility index (Phi) is 8.88. The minimum atomic E-state index is -4.91. The van der Waals surface area contributed by atoms with Crippen LogP contribution in [0.5, 0.6) is 0 Å². The van der Waals surface area contributed by atoms with Gasteiger partial charge in [0.05, 0.1) is 12.2 Å². The van der Waals surface area contributed by atoms with E-state index in [-0.39, 0.29) is 11.6 Å². The maximum absolute atomic E-state index is 13.0.